The van der Waals surface area contributed by atoms with Gasteiger partial charge in [0.1, 0.15) is 0 Å². The number of carbonyl (C=O) groups is 1. The standard InChI is InChI=1S/C10H5BrCl2FN3OS/c11-5-1-6(12)4(9(14)8(5)13)2-15-17-10-16-7(18)3-19-10/h1-2H,3H2,(H,16,17,18). The molecule has 100 valence electrons. The highest BCUT2D eigenvalue weighted by Crippen LogP contribution is 2.32. The van der Waals surface area contributed by atoms with E-state index < -0.39 is 5.82 Å². The topological polar surface area (TPSA) is 53.8 Å². The minimum Gasteiger partial charge on any atom is -0.303 e. The van der Waals surface area contributed by atoms with Crippen molar-refractivity contribution in [3.05, 3.63) is 32.0 Å². The van der Waals surface area contributed by atoms with E-state index in [1.165, 1.54) is 17.8 Å². The van der Waals surface area contributed by atoms with E-state index in [0.717, 1.165) is 6.21 Å². The fourth-order valence-corrected chi connectivity index (χ4v) is 2.78. The highest BCUT2D eigenvalue weighted by atomic mass is 79.9. The second-order valence-corrected chi connectivity index (χ2v) is 5.97. The largest absolute Gasteiger partial charge is 0.303 e. The number of benzene rings is 1. The molecule has 1 fully saturated rings. The van der Waals surface area contributed by atoms with E-state index in [1.54, 1.807) is 0 Å². The number of nitrogens with zero attached hydrogens (tertiary/aromatic N) is 2. The first-order valence-electron chi connectivity index (χ1n) is 4.85. The van der Waals surface area contributed by atoms with E-state index in [1.807, 2.05) is 0 Å². The number of hydrogen-bond donors (Lipinski definition) is 1. The van der Waals surface area contributed by atoms with Crippen molar-refractivity contribution in [1.29, 1.82) is 0 Å². The molecule has 1 aliphatic heterocycles. The number of nitrogens with one attached hydrogen (secondary N) is 1. The first-order chi connectivity index (χ1) is 8.99. The number of amides is 1. The first-order valence-corrected chi connectivity index (χ1v) is 7.39. The summed E-state index contributed by atoms with van der Waals surface area (Å²) in [4.78, 5) is 10.9. The van der Waals surface area contributed by atoms with E-state index in [0.29, 0.717) is 15.4 Å². The molecule has 0 spiro atoms. The molecule has 1 aliphatic rings. The smallest absolute Gasteiger partial charge is 0.236 e. The molecule has 0 radical (unpaired) electrons. The number of rotatable bonds is 2. The molecule has 2 rings (SSSR count). The molecule has 1 heterocycles. The van der Waals surface area contributed by atoms with Crippen LogP contribution >= 0.6 is 50.9 Å². The maximum absolute atomic E-state index is 13.8. The summed E-state index contributed by atoms with van der Waals surface area (Å²) >= 11 is 15.9. The highest BCUT2D eigenvalue weighted by Gasteiger charge is 2.16. The van der Waals surface area contributed by atoms with Gasteiger partial charge in [-0.1, -0.05) is 35.0 Å². The summed E-state index contributed by atoms with van der Waals surface area (Å²) in [6.07, 6.45) is 1.15. The Morgan fingerprint density at radius 1 is 1.53 bits per heavy atom. The van der Waals surface area contributed by atoms with Crippen LogP contribution in [0, 0.1) is 5.82 Å². The molecule has 9 heteroatoms. The fraction of sp³-hybridized carbons (Fsp3) is 0.100. The Morgan fingerprint density at radius 2 is 2.26 bits per heavy atom. The number of carbonyl (C=O) groups excluding carboxylic acids is 1. The van der Waals surface area contributed by atoms with Crippen molar-refractivity contribution < 1.29 is 9.18 Å². The van der Waals surface area contributed by atoms with Gasteiger partial charge >= 0.3 is 0 Å². The first kappa shape index (κ1) is 14.8. The van der Waals surface area contributed by atoms with Crippen molar-refractivity contribution in [3.8, 4) is 0 Å². The van der Waals surface area contributed by atoms with Crippen LogP contribution in [-0.4, -0.2) is 23.0 Å². The van der Waals surface area contributed by atoms with Crippen LogP contribution in [0.4, 0.5) is 4.39 Å². The molecule has 0 unspecified atom stereocenters. The van der Waals surface area contributed by atoms with Crippen molar-refractivity contribution in [2.45, 2.75) is 0 Å². The summed E-state index contributed by atoms with van der Waals surface area (Å²) in [5.41, 5.74) is 0.0357. The van der Waals surface area contributed by atoms with Crippen molar-refractivity contribution in [1.82, 2.24) is 5.32 Å². The lowest BCUT2D eigenvalue weighted by Gasteiger charge is -2.03. The second-order valence-electron chi connectivity index (χ2n) is 3.37. The average molecular weight is 385 g/mol. The molecule has 1 aromatic carbocycles. The molecule has 1 aromatic rings. The van der Waals surface area contributed by atoms with Crippen molar-refractivity contribution in [2.75, 3.05) is 5.75 Å². The predicted octanol–water partition coefficient (Wildman–Crippen LogP) is 3.45. The van der Waals surface area contributed by atoms with Crippen LogP contribution in [0.2, 0.25) is 10.0 Å². The van der Waals surface area contributed by atoms with Gasteiger partial charge in [-0.15, -0.1) is 5.10 Å². The van der Waals surface area contributed by atoms with Gasteiger partial charge < -0.3 is 5.32 Å². The summed E-state index contributed by atoms with van der Waals surface area (Å²) in [6.45, 7) is 0. The predicted molar refractivity (Wildman–Crippen MR) is 79.7 cm³/mol. The molecule has 0 aromatic heterocycles. The van der Waals surface area contributed by atoms with Gasteiger partial charge in [0.05, 0.1) is 27.6 Å². The van der Waals surface area contributed by atoms with E-state index in [2.05, 4.69) is 31.4 Å². The van der Waals surface area contributed by atoms with Crippen molar-refractivity contribution >= 4 is 68.2 Å². The van der Waals surface area contributed by atoms with Crippen LogP contribution in [-0.2, 0) is 4.79 Å². The summed E-state index contributed by atoms with van der Waals surface area (Å²) in [6, 6.07) is 1.47. The number of thioether (sulfide) groups is 1. The molecule has 0 aliphatic carbocycles. The third-order valence-corrected chi connectivity index (χ3v) is 4.47. The van der Waals surface area contributed by atoms with E-state index in [4.69, 9.17) is 23.2 Å². The summed E-state index contributed by atoms with van der Waals surface area (Å²) in [5.74, 6) is -0.531. The molecule has 4 nitrogen and oxygen atoms in total. The molecule has 19 heavy (non-hydrogen) atoms. The van der Waals surface area contributed by atoms with E-state index >= 15 is 0 Å². The van der Waals surface area contributed by atoms with E-state index in [-0.39, 0.29) is 21.5 Å². The van der Waals surface area contributed by atoms with Crippen LogP contribution in [0.5, 0.6) is 0 Å². The fourth-order valence-electron chi connectivity index (χ4n) is 1.22. The number of halogens is 4. The van der Waals surface area contributed by atoms with E-state index in [9.17, 15) is 9.18 Å². The van der Waals surface area contributed by atoms with Gasteiger partial charge in [-0.3, -0.25) is 4.79 Å². The Balaban J connectivity index is 2.24. The molecular formula is C10H5BrCl2FN3OS. The second kappa shape index (κ2) is 6.21. The highest BCUT2D eigenvalue weighted by molar-refractivity contribution is 9.10. The third-order valence-electron chi connectivity index (χ3n) is 2.07. The van der Waals surface area contributed by atoms with Crippen LogP contribution in [0.3, 0.4) is 0 Å². The zero-order valence-electron chi connectivity index (χ0n) is 9.08. The molecule has 0 atom stereocenters. The zero-order valence-corrected chi connectivity index (χ0v) is 13.0. The van der Waals surface area contributed by atoms with Gasteiger partial charge in [0.2, 0.25) is 5.91 Å². The Morgan fingerprint density at radius 3 is 2.89 bits per heavy atom. The van der Waals surface area contributed by atoms with Gasteiger partial charge in [0, 0.05) is 4.47 Å². The summed E-state index contributed by atoms with van der Waals surface area (Å²) < 4.78 is 14.2. The van der Waals surface area contributed by atoms with Crippen LogP contribution < -0.4 is 5.32 Å². The molecule has 1 amide bonds. The quantitative estimate of drug-likeness (QED) is 0.367. The SMILES string of the molecule is O=C1CSC(=NN=Cc2c(Cl)cc(Br)c(Cl)c2F)N1. The zero-order chi connectivity index (χ0) is 14.0. The molecule has 1 saturated heterocycles. The molecule has 1 N–H and O–H groups in total. The number of hydrogen-bond acceptors (Lipinski definition) is 4. The van der Waals surface area contributed by atoms with Crippen molar-refractivity contribution in [3.63, 3.8) is 0 Å². The summed E-state index contributed by atoms with van der Waals surface area (Å²) in [5, 5.41) is 10.3. The Bertz CT molecular complexity index is 609. The monoisotopic (exact) mass is 383 g/mol. The number of amidine groups is 1. The summed E-state index contributed by atoms with van der Waals surface area (Å²) in [7, 11) is 0. The van der Waals surface area contributed by atoms with Gasteiger partial charge in [-0.2, -0.15) is 5.10 Å². The maximum atomic E-state index is 13.8. The third kappa shape index (κ3) is 3.47. The van der Waals surface area contributed by atoms with Crippen LogP contribution in [0.15, 0.2) is 20.7 Å². The average Bonchev–Trinajstić information content (AvgIpc) is 2.77. The Labute approximate surface area is 130 Å². The minimum atomic E-state index is -0.687. The van der Waals surface area contributed by atoms with Gasteiger partial charge in [0.15, 0.2) is 11.0 Å². The lowest BCUT2D eigenvalue weighted by molar-refractivity contribution is -0.116. The minimum absolute atomic E-state index is 0.0357. The lowest BCUT2D eigenvalue weighted by atomic mass is 10.2. The molecule has 0 bridgehead atoms. The lowest BCUT2D eigenvalue weighted by Crippen LogP contribution is -2.19. The van der Waals surface area contributed by atoms with Gasteiger partial charge in [0.25, 0.3) is 0 Å². The van der Waals surface area contributed by atoms with Crippen LogP contribution in [0.25, 0.3) is 0 Å². The normalized spacial score (nSPS) is 17.5. The van der Waals surface area contributed by atoms with Gasteiger partial charge in [-0.05, 0) is 22.0 Å². The Kier molecular flexibility index (Phi) is 4.83. The van der Waals surface area contributed by atoms with Crippen molar-refractivity contribution in [2.24, 2.45) is 10.2 Å². The maximum Gasteiger partial charge on any atom is 0.236 e. The van der Waals surface area contributed by atoms with Gasteiger partial charge in [-0.25, -0.2) is 4.39 Å². The Hall–Kier alpha value is -0.630. The van der Waals surface area contributed by atoms with Crippen LogP contribution in [0.1, 0.15) is 5.56 Å². The molecular weight excluding hydrogens is 380 g/mol. The molecule has 0 saturated carbocycles.